The number of amides is 1. The maximum Gasteiger partial charge on any atom is 0.242 e. The predicted molar refractivity (Wildman–Crippen MR) is 137 cm³/mol. The van der Waals surface area contributed by atoms with Gasteiger partial charge in [0.1, 0.15) is 6.54 Å². The number of hydrogen-bond acceptors (Lipinski definition) is 6. The molecule has 1 atom stereocenters. The van der Waals surface area contributed by atoms with E-state index in [0.29, 0.717) is 38.1 Å². The monoisotopic (exact) mass is 561 g/mol. The molecule has 0 spiro atoms. The zero-order chi connectivity index (χ0) is 22.3. The fourth-order valence-corrected chi connectivity index (χ4v) is 3.33. The minimum atomic E-state index is -0.303. The van der Waals surface area contributed by atoms with Gasteiger partial charge in [0.15, 0.2) is 17.5 Å². The molecule has 0 aromatic heterocycles. The molecule has 0 bridgehead atoms. The van der Waals surface area contributed by atoms with Crippen molar-refractivity contribution >= 4 is 41.5 Å². The van der Waals surface area contributed by atoms with Crippen LogP contribution in [0, 0.1) is 0 Å². The molecule has 3 rings (SSSR count). The van der Waals surface area contributed by atoms with Crippen LogP contribution in [0.3, 0.4) is 0 Å². The number of halogens is 1. The van der Waals surface area contributed by atoms with E-state index in [1.54, 1.807) is 0 Å². The predicted octanol–water partition coefficient (Wildman–Crippen LogP) is 2.07. The standard InChI is InChI=1S/C22H35N5O4.HI/c1-22(2,3)26-20(28)14-24-21(23-13-17-15-27(4)8-11-29-17)25-16-6-7-18-19(12-16)31-10-5-9-30-18;/h6-7,12,17H,5,8-11,13-15H2,1-4H3,(H,26,28)(H2,23,24,25);1H. The third-order valence-corrected chi connectivity index (χ3v) is 4.74. The van der Waals surface area contributed by atoms with E-state index in [9.17, 15) is 4.79 Å². The number of morpholine rings is 1. The van der Waals surface area contributed by atoms with Gasteiger partial charge in [0.05, 0.1) is 25.9 Å². The minimum Gasteiger partial charge on any atom is -0.490 e. The molecule has 2 aliphatic heterocycles. The van der Waals surface area contributed by atoms with Gasteiger partial charge in [-0.2, -0.15) is 0 Å². The highest BCUT2D eigenvalue weighted by atomic mass is 127. The molecule has 32 heavy (non-hydrogen) atoms. The number of ether oxygens (including phenoxy) is 3. The zero-order valence-electron chi connectivity index (χ0n) is 19.4. The topological polar surface area (TPSA) is 96.5 Å². The Kier molecular flexibility index (Phi) is 10.3. The van der Waals surface area contributed by atoms with Gasteiger partial charge in [0, 0.05) is 43.3 Å². The van der Waals surface area contributed by atoms with Crippen molar-refractivity contribution in [2.45, 2.75) is 38.8 Å². The fourth-order valence-electron chi connectivity index (χ4n) is 3.33. The Hall–Kier alpha value is -1.79. The molecule has 10 heteroatoms. The van der Waals surface area contributed by atoms with Crippen LogP contribution in [0.4, 0.5) is 5.69 Å². The van der Waals surface area contributed by atoms with Crippen LogP contribution >= 0.6 is 24.0 Å². The number of rotatable bonds is 5. The Morgan fingerprint density at radius 1 is 1.19 bits per heavy atom. The molecule has 2 heterocycles. The van der Waals surface area contributed by atoms with Crippen LogP contribution in [0.2, 0.25) is 0 Å². The Balaban J connectivity index is 0.00000363. The number of hydrogen-bond donors (Lipinski definition) is 3. The van der Waals surface area contributed by atoms with Crippen molar-refractivity contribution in [1.29, 1.82) is 0 Å². The molecule has 1 fully saturated rings. The lowest BCUT2D eigenvalue weighted by molar-refractivity contribution is -0.121. The smallest absolute Gasteiger partial charge is 0.242 e. The molecule has 0 saturated carbocycles. The molecule has 1 amide bonds. The Bertz CT molecular complexity index is 784. The van der Waals surface area contributed by atoms with E-state index in [1.807, 2.05) is 39.0 Å². The molecule has 180 valence electrons. The molecule has 0 radical (unpaired) electrons. The van der Waals surface area contributed by atoms with Crippen molar-refractivity contribution in [3.05, 3.63) is 18.2 Å². The average Bonchev–Trinajstić information content (AvgIpc) is 2.94. The van der Waals surface area contributed by atoms with Crippen molar-refractivity contribution in [3.8, 4) is 11.5 Å². The van der Waals surface area contributed by atoms with Crippen molar-refractivity contribution in [2.24, 2.45) is 4.99 Å². The first-order valence-corrected chi connectivity index (χ1v) is 10.8. The first-order chi connectivity index (χ1) is 14.8. The molecular weight excluding hydrogens is 525 g/mol. The van der Waals surface area contributed by atoms with E-state index in [-0.39, 0.29) is 48.1 Å². The SMILES string of the molecule is CN1CCOC(CNC(=NCC(=O)NC(C)(C)C)Nc2ccc3c(c2)OCCCO3)C1.I. The molecule has 2 aliphatic rings. The number of nitrogens with one attached hydrogen (secondary N) is 3. The summed E-state index contributed by atoms with van der Waals surface area (Å²) in [7, 11) is 2.08. The van der Waals surface area contributed by atoms with E-state index in [1.165, 1.54) is 0 Å². The van der Waals surface area contributed by atoms with Crippen molar-refractivity contribution in [1.82, 2.24) is 15.5 Å². The lowest BCUT2D eigenvalue weighted by Crippen LogP contribution is -2.47. The van der Waals surface area contributed by atoms with Gasteiger partial charge < -0.3 is 35.1 Å². The second kappa shape index (κ2) is 12.4. The second-order valence-corrected chi connectivity index (χ2v) is 8.94. The van der Waals surface area contributed by atoms with Crippen LogP contribution in [0.5, 0.6) is 11.5 Å². The number of carbonyl (C=O) groups excluding carboxylic acids is 1. The van der Waals surface area contributed by atoms with Gasteiger partial charge in [0.2, 0.25) is 5.91 Å². The summed E-state index contributed by atoms with van der Waals surface area (Å²) in [6.45, 7) is 10.2. The van der Waals surface area contributed by atoms with Crippen LogP contribution in [0.25, 0.3) is 0 Å². The van der Waals surface area contributed by atoms with Gasteiger partial charge in [-0.15, -0.1) is 24.0 Å². The summed E-state index contributed by atoms with van der Waals surface area (Å²) in [5, 5.41) is 9.51. The summed E-state index contributed by atoms with van der Waals surface area (Å²) >= 11 is 0. The quantitative estimate of drug-likeness (QED) is 0.288. The highest BCUT2D eigenvalue weighted by Crippen LogP contribution is 2.32. The summed E-state index contributed by atoms with van der Waals surface area (Å²) in [5.41, 5.74) is 0.496. The number of guanidine groups is 1. The summed E-state index contributed by atoms with van der Waals surface area (Å²) in [6.07, 6.45) is 0.905. The first-order valence-electron chi connectivity index (χ1n) is 10.8. The van der Waals surface area contributed by atoms with Crippen LogP contribution in [0.1, 0.15) is 27.2 Å². The van der Waals surface area contributed by atoms with E-state index in [2.05, 4.69) is 32.9 Å². The fraction of sp³-hybridized carbons (Fsp3) is 0.636. The number of aliphatic imine (C=N–C) groups is 1. The summed E-state index contributed by atoms with van der Waals surface area (Å²) in [6, 6.07) is 5.68. The molecule has 1 aromatic rings. The van der Waals surface area contributed by atoms with Gasteiger partial charge >= 0.3 is 0 Å². The van der Waals surface area contributed by atoms with Crippen LogP contribution in [-0.2, 0) is 9.53 Å². The molecule has 3 N–H and O–H groups in total. The summed E-state index contributed by atoms with van der Waals surface area (Å²) in [5.74, 6) is 1.80. The number of fused-ring (bicyclic) bond motifs is 1. The lowest BCUT2D eigenvalue weighted by Gasteiger charge is -2.30. The van der Waals surface area contributed by atoms with Gasteiger partial charge in [-0.1, -0.05) is 0 Å². The van der Waals surface area contributed by atoms with Gasteiger partial charge in [-0.3, -0.25) is 4.79 Å². The molecule has 1 aromatic carbocycles. The zero-order valence-corrected chi connectivity index (χ0v) is 21.7. The van der Waals surface area contributed by atoms with E-state index in [0.717, 1.165) is 30.9 Å². The normalized spacial score (nSPS) is 19.4. The van der Waals surface area contributed by atoms with Crippen molar-refractivity contribution < 1.29 is 19.0 Å². The van der Waals surface area contributed by atoms with Gasteiger partial charge in [-0.05, 0) is 40.0 Å². The van der Waals surface area contributed by atoms with Crippen molar-refractivity contribution in [3.63, 3.8) is 0 Å². The maximum atomic E-state index is 12.3. The van der Waals surface area contributed by atoms with E-state index >= 15 is 0 Å². The average molecular weight is 561 g/mol. The highest BCUT2D eigenvalue weighted by Gasteiger charge is 2.19. The molecule has 1 saturated heterocycles. The number of likely N-dealkylation sites (N-methyl/N-ethyl adjacent to an activating group) is 1. The van der Waals surface area contributed by atoms with Gasteiger partial charge in [-0.25, -0.2) is 4.99 Å². The van der Waals surface area contributed by atoms with Crippen LogP contribution < -0.4 is 25.4 Å². The number of anilines is 1. The van der Waals surface area contributed by atoms with E-state index < -0.39 is 0 Å². The molecule has 0 aliphatic carbocycles. The third kappa shape index (κ3) is 8.99. The van der Waals surface area contributed by atoms with Crippen LogP contribution in [0.15, 0.2) is 23.2 Å². The summed E-state index contributed by atoms with van der Waals surface area (Å²) in [4.78, 5) is 19.0. The largest absolute Gasteiger partial charge is 0.490 e. The maximum absolute atomic E-state index is 12.3. The lowest BCUT2D eigenvalue weighted by atomic mass is 10.1. The molecular formula is C22H36IN5O4. The van der Waals surface area contributed by atoms with Gasteiger partial charge in [0.25, 0.3) is 0 Å². The number of nitrogens with zero attached hydrogens (tertiary/aromatic N) is 2. The first kappa shape index (κ1) is 26.5. The van der Waals surface area contributed by atoms with Crippen molar-refractivity contribution in [2.75, 3.05) is 58.4 Å². The summed E-state index contributed by atoms with van der Waals surface area (Å²) < 4.78 is 17.3. The Labute approximate surface area is 207 Å². The number of benzene rings is 1. The molecule has 1 unspecified atom stereocenters. The van der Waals surface area contributed by atoms with E-state index in [4.69, 9.17) is 14.2 Å². The highest BCUT2D eigenvalue weighted by molar-refractivity contribution is 14.0. The van der Waals surface area contributed by atoms with Crippen LogP contribution in [-0.4, -0.2) is 81.5 Å². The Morgan fingerprint density at radius 2 is 1.94 bits per heavy atom. The molecule has 9 nitrogen and oxygen atoms in total. The third-order valence-electron chi connectivity index (χ3n) is 4.74. The Morgan fingerprint density at radius 3 is 2.66 bits per heavy atom. The number of carbonyl (C=O) groups is 1. The minimum absolute atomic E-state index is 0. The second-order valence-electron chi connectivity index (χ2n) is 8.94.